The van der Waals surface area contributed by atoms with E-state index in [0.717, 1.165) is 25.1 Å². The van der Waals surface area contributed by atoms with Gasteiger partial charge in [0.2, 0.25) is 0 Å². The first-order chi connectivity index (χ1) is 16.0. The van der Waals surface area contributed by atoms with Crippen LogP contribution in [0.15, 0.2) is 59.8 Å². The number of halogens is 2. The minimum atomic E-state index is -2.89. The highest BCUT2D eigenvalue weighted by Gasteiger charge is 2.25. The average Bonchev–Trinajstić information content (AvgIpc) is 3.40. The van der Waals surface area contributed by atoms with E-state index in [1.807, 2.05) is 12.1 Å². The lowest BCUT2D eigenvalue weighted by atomic mass is 10.2. The molecule has 0 radical (unpaired) electrons. The van der Waals surface area contributed by atoms with Gasteiger partial charge >= 0.3 is 6.61 Å². The zero-order chi connectivity index (χ0) is 22.8. The first-order valence-electron chi connectivity index (χ1n) is 10.4. The molecule has 0 aromatic carbocycles. The molecule has 0 aliphatic heterocycles. The Morgan fingerprint density at radius 3 is 2.70 bits per heavy atom. The number of alkyl halides is 2. The lowest BCUT2D eigenvalue weighted by Gasteiger charge is -2.15. The molecular weight excluding hydrogens is 450 g/mol. The molecule has 0 saturated heterocycles. The first kappa shape index (κ1) is 21.3. The molecule has 4 aromatic rings. The van der Waals surface area contributed by atoms with Crippen LogP contribution in [0.4, 0.5) is 19.7 Å². The maximum absolute atomic E-state index is 12.4. The Morgan fingerprint density at radius 2 is 1.94 bits per heavy atom. The van der Waals surface area contributed by atoms with Gasteiger partial charge in [-0.25, -0.2) is 15.0 Å². The Kier molecular flexibility index (Phi) is 5.86. The van der Waals surface area contributed by atoms with Gasteiger partial charge in [-0.05, 0) is 37.5 Å². The van der Waals surface area contributed by atoms with Crippen molar-refractivity contribution in [3.63, 3.8) is 0 Å². The van der Waals surface area contributed by atoms with Crippen LogP contribution in [0.2, 0.25) is 0 Å². The third kappa shape index (κ3) is 4.92. The van der Waals surface area contributed by atoms with Crippen LogP contribution in [0.25, 0.3) is 16.0 Å². The van der Waals surface area contributed by atoms with Gasteiger partial charge in [-0.2, -0.15) is 8.78 Å². The second kappa shape index (κ2) is 9.10. The fourth-order valence-electron chi connectivity index (χ4n) is 3.92. The summed E-state index contributed by atoms with van der Waals surface area (Å²) in [7, 11) is 0. The molecule has 5 rings (SSSR count). The fraction of sp³-hybridized carbons (Fsp3) is 0.273. The van der Waals surface area contributed by atoms with Crippen LogP contribution in [0.1, 0.15) is 19.3 Å². The van der Waals surface area contributed by atoms with Gasteiger partial charge in [-0.3, -0.25) is 9.36 Å². The van der Waals surface area contributed by atoms with E-state index in [9.17, 15) is 13.6 Å². The van der Waals surface area contributed by atoms with Crippen LogP contribution in [0, 0.1) is 0 Å². The molecule has 170 valence electrons. The smallest absolute Gasteiger partial charge is 0.387 e. The minimum absolute atomic E-state index is 0.00450. The SMILES string of the molecule is O=c1ccccn1-c1ccc(N[C@H]2CC[C@H](Nc3nc4cc(OC(F)F)cnc4s3)C2)nc1. The van der Waals surface area contributed by atoms with E-state index in [1.165, 1.54) is 29.7 Å². The van der Waals surface area contributed by atoms with Crippen molar-refractivity contribution in [2.24, 2.45) is 0 Å². The number of pyridine rings is 3. The number of ether oxygens (including phenoxy) is 1. The van der Waals surface area contributed by atoms with E-state index in [0.29, 0.717) is 21.2 Å². The van der Waals surface area contributed by atoms with Gasteiger partial charge in [0.15, 0.2) is 5.13 Å². The standard InChI is InChI=1S/C22H20F2N6O2S/c23-21(24)32-16-10-17-20(26-12-16)33-22(29-17)28-14-5-4-13(9-14)27-18-7-6-15(11-25-18)30-8-2-1-3-19(30)31/h1-3,6-8,10-14,21H,4-5,9H2,(H,25,27)(H,28,29)/t13-,14-/m0/s1. The van der Waals surface area contributed by atoms with Crippen LogP contribution >= 0.6 is 11.3 Å². The molecule has 33 heavy (non-hydrogen) atoms. The van der Waals surface area contributed by atoms with E-state index < -0.39 is 6.61 Å². The normalized spacial score (nSPS) is 18.0. The summed E-state index contributed by atoms with van der Waals surface area (Å²) in [6.07, 6.45) is 7.47. The van der Waals surface area contributed by atoms with Gasteiger partial charge in [0, 0.05) is 30.4 Å². The Labute approximate surface area is 191 Å². The number of fused-ring (bicyclic) bond motifs is 1. The van der Waals surface area contributed by atoms with Crippen LogP contribution in [-0.4, -0.2) is 38.2 Å². The maximum Gasteiger partial charge on any atom is 0.387 e. The molecule has 0 unspecified atom stereocenters. The van der Waals surface area contributed by atoms with Crippen molar-refractivity contribution < 1.29 is 13.5 Å². The number of aromatic nitrogens is 4. The molecule has 1 aliphatic rings. The summed E-state index contributed by atoms with van der Waals surface area (Å²) in [6, 6.07) is 10.7. The highest BCUT2D eigenvalue weighted by Crippen LogP contribution is 2.31. The van der Waals surface area contributed by atoms with Gasteiger partial charge < -0.3 is 15.4 Å². The van der Waals surface area contributed by atoms with E-state index in [2.05, 4.69) is 30.3 Å². The predicted octanol–water partition coefficient (Wildman–Crippen LogP) is 4.28. The first-order valence-corrected chi connectivity index (χ1v) is 11.2. The quantitative estimate of drug-likeness (QED) is 0.416. The molecule has 1 fully saturated rings. The van der Waals surface area contributed by atoms with Crippen LogP contribution in [0.3, 0.4) is 0 Å². The van der Waals surface area contributed by atoms with Gasteiger partial charge in [-0.1, -0.05) is 17.4 Å². The van der Waals surface area contributed by atoms with Gasteiger partial charge in [0.1, 0.15) is 21.9 Å². The second-order valence-electron chi connectivity index (χ2n) is 7.70. The molecule has 8 nitrogen and oxygen atoms in total. The molecule has 2 atom stereocenters. The molecule has 2 N–H and O–H groups in total. The molecule has 0 bridgehead atoms. The van der Waals surface area contributed by atoms with Crippen molar-refractivity contribution in [3.05, 3.63) is 65.3 Å². The average molecular weight is 471 g/mol. The fourth-order valence-corrected chi connectivity index (χ4v) is 4.78. The molecule has 1 saturated carbocycles. The van der Waals surface area contributed by atoms with E-state index in [1.54, 1.807) is 29.1 Å². The lowest BCUT2D eigenvalue weighted by Crippen LogP contribution is -2.21. The zero-order valence-corrected chi connectivity index (χ0v) is 18.1. The second-order valence-corrected chi connectivity index (χ2v) is 8.68. The molecule has 4 heterocycles. The summed E-state index contributed by atoms with van der Waals surface area (Å²) in [5, 5.41) is 7.57. The number of rotatable bonds is 7. The van der Waals surface area contributed by atoms with Crippen molar-refractivity contribution >= 4 is 32.6 Å². The molecular formula is C22H20F2N6O2S. The van der Waals surface area contributed by atoms with E-state index in [4.69, 9.17) is 0 Å². The van der Waals surface area contributed by atoms with Gasteiger partial charge in [0.05, 0.1) is 18.1 Å². The number of nitrogens with zero attached hydrogens (tertiary/aromatic N) is 4. The Bertz CT molecular complexity index is 1310. The summed E-state index contributed by atoms with van der Waals surface area (Å²) in [5.41, 5.74) is 1.13. The van der Waals surface area contributed by atoms with Gasteiger partial charge in [0.25, 0.3) is 5.56 Å². The number of hydrogen-bond acceptors (Lipinski definition) is 8. The molecule has 1 aliphatic carbocycles. The molecule has 0 amide bonds. The number of hydrogen-bond donors (Lipinski definition) is 2. The highest BCUT2D eigenvalue weighted by molar-refractivity contribution is 7.21. The largest absolute Gasteiger partial charge is 0.433 e. The third-order valence-corrected chi connectivity index (χ3v) is 6.32. The monoisotopic (exact) mass is 470 g/mol. The van der Waals surface area contributed by atoms with Gasteiger partial charge in [-0.15, -0.1) is 0 Å². The van der Waals surface area contributed by atoms with E-state index in [-0.39, 0.29) is 23.4 Å². The van der Waals surface area contributed by atoms with Crippen LogP contribution < -0.4 is 20.9 Å². The molecule has 0 spiro atoms. The van der Waals surface area contributed by atoms with Crippen molar-refractivity contribution in [3.8, 4) is 11.4 Å². The minimum Gasteiger partial charge on any atom is -0.433 e. The summed E-state index contributed by atoms with van der Waals surface area (Å²) in [5.74, 6) is 0.749. The topological polar surface area (TPSA) is 94.0 Å². The summed E-state index contributed by atoms with van der Waals surface area (Å²) in [4.78, 5) is 25.7. The van der Waals surface area contributed by atoms with Crippen molar-refractivity contribution in [1.29, 1.82) is 0 Å². The Morgan fingerprint density at radius 1 is 1.09 bits per heavy atom. The number of anilines is 2. The predicted molar refractivity (Wildman–Crippen MR) is 123 cm³/mol. The van der Waals surface area contributed by atoms with Crippen molar-refractivity contribution in [1.82, 2.24) is 19.5 Å². The van der Waals surface area contributed by atoms with E-state index >= 15 is 0 Å². The Hall–Kier alpha value is -3.60. The van der Waals surface area contributed by atoms with Crippen LogP contribution in [-0.2, 0) is 0 Å². The van der Waals surface area contributed by atoms with Crippen molar-refractivity contribution in [2.75, 3.05) is 10.6 Å². The molecule has 11 heteroatoms. The molecule has 4 aromatic heterocycles. The number of nitrogens with one attached hydrogen (secondary N) is 2. The highest BCUT2D eigenvalue weighted by atomic mass is 32.1. The Balaban J connectivity index is 1.19. The van der Waals surface area contributed by atoms with Crippen molar-refractivity contribution in [2.45, 2.75) is 38.0 Å². The summed E-state index contributed by atoms with van der Waals surface area (Å²) in [6.45, 7) is -2.89. The van der Waals surface area contributed by atoms with Crippen LogP contribution in [0.5, 0.6) is 5.75 Å². The number of thiazole rings is 1. The maximum atomic E-state index is 12.4. The zero-order valence-electron chi connectivity index (χ0n) is 17.3. The lowest BCUT2D eigenvalue weighted by molar-refractivity contribution is -0.0499. The summed E-state index contributed by atoms with van der Waals surface area (Å²) < 4.78 is 30.7. The third-order valence-electron chi connectivity index (χ3n) is 5.41. The summed E-state index contributed by atoms with van der Waals surface area (Å²) >= 11 is 1.38.